The third kappa shape index (κ3) is 2.40. The molecule has 2 aliphatic rings. The summed E-state index contributed by atoms with van der Waals surface area (Å²) in [6.07, 6.45) is 4.54. The molecule has 1 aliphatic heterocycles. The molecule has 3 nitrogen and oxygen atoms in total. The van der Waals surface area contributed by atoms with Crippen LogP contribution in [0.2, 0.25) is 0 Å². The Hall–Kier alpha value is -0.870. The third-order valence-corrected chi connectivity index (χ3v) is 5.74. The van der Waals surface area contributed by atoms with E-state index in [1.165, 1.54) is 16.2 Å². The molecule has 1 saturated heterocycles. The van der Waals surface area contributed by atoms with E-state index in [4.69, 9.17) is 0 Å². The second-order valence-electron chi connectivity index (χ2n) is 6.30. The molecule has 1 aromatic rings. The summed E-state index contributed by atoms with van der Waals surface area (Å²) in [5, 5.41) is 3.55. The number of hydrogen-bond donors (Lipinski definition) is 1. The lowest BCUT2D eigenvalue weighted by atomic mass is 10.1. The van der Waals surface area contributed by atoms with Crippen LogP contribution >= 0.6 is 11.3 Å². The molecule has 0 bridgehead atoms. The lowest BCUT2D eigenvalue weighted by Crippen LogP contribution is -2.38. The van der Waals surface area contributed by atoms with Crippen molar-refractivity contribution in [1.82, 2.24) is 10.2 Å². The first-order valence-electron chi connectivity index (χ1n) is 7.74. The van der Waals surface area contributed by atoms with E-state index in [-0.39, 0.29) is 12.2 Å². The summed E-state index contributed by atoms with van der Waals surface area (Å²) in [6, 6.07) is 4.75. The van der Waals surface area contributed by atoms with Gasteiger partial charge in [-0.25, -0.2) is 0 Å². The number of rotatable bonds is 3. The molecule has 1 aliphatic carbocycles. The Morgan fingerprint density at radius 2 is 2.20 bits per heavy atom. The number of carbonyl (C=O) groups excluding carboxylic acids is 1. The molecule has 4 atom stereocenters. The normalized spacial score (nSPS) is 34.1. The second-order valence-corrected chi connectivity index (χ2v) is 7.62. The molecule has 2 fully saturated rings. The van der Waals surface area contributed by atoms with E-state index in [1.54, 1.807) is 11.3 Å². The van der Waals surface area contributed by atoms with Crippen LogP contribution in [0.3, 0.4) is 0 Å². The Labute approximate surface area is 125 Å². The predicted molar refractivity (Wildman–Crippen MR) is 82.7 cm³/mol. The SMILES string of the molecule is CCC1NC(c2ccc(C)s2)N(C2CCC(C)C2)C1=O. The maximum atomic E-state index is 12.7. The van der Waals surface area contributed by atoms with Crippen LogP contribution in [0.4, 0.5) is 0 Å². The van der Waals surface area contributed by atoms with Gasteiger partial charge in [0.25, 0.3) is 0 Å². The Kier molecular flexibility index (Phi) is 3.87. The fourth-order valence-electron chi connectivity index (χ4n) is 3.58. The van der Waals surface area contributed by atoms with Gasteiger partial charge >= 0.3 is 0 Å². The summed E-state index contributed by atoms with van der Waals surface area (Å²) in [6.45, 7) is 6.52. The average molecular weight is 292 g/mol. The summed E-state index contributed by atoms with van der Waals surface area (Å²) in [5.74, 6) is 1.06. The van der Waals surface area contributed by atoms with Crippen LogP contribution in [0.5, 0.6) is 0 Å². The van der Waals surface area contributed by atoms with Crippen molar-refractivity contribution >= 4 is 17.2 Å². The fourth-order valence-corrected chi connectivity index (χ4v) is 4.52. The van der Waals surface area contributed by atoms with Crippen LogP contribution in [-0.2, 0) is 4.79 Å². The zero-order valence-corrected chi connectivity index (χ0v) is 13.4. The van der Waals surface area contributed by atoms with Crippen molar-refractivity contribution < 1.29 is 4.79 Å². The Morgan fingerprint density at radius 1 is 1.40 bits per heavy atom. The van der Waals surface area contributed by atoms with Gasteiger partial charge < -0.3 is 4.90 Å². The third-order valence-electron chi connectivity index (χ3n) is 4.69. The highest BCUT2D eigenvalue weighted by Gasteiger charge is 2.44. The molecule has 1 amide bonds. The van der Waals surface area contributed by atoms with Crippen LogP contribution < -0.4 is 5.32 Å². The van der Waals surface area contributed by atoms with Crippen LogP contribution in [0.15, 0.2) is 12.1 Å². The van der Waals surface area contributed by atoms with Crippen molar-refractivity contribution in [2.75, 3.05) is 0 Å². The van der Waals surface area contributed by atoms with Crippen molar-refractivity contribution in [3.63, 3.8) is 0 Å². The molecular weight excluding hydrogens is 268 g/mol. The van der Waals surface area contributed by atoms with Crippen LogP contribution in [0, 0.1) is 12.8 Å². The van der Waals surface area contributed by atoms with Crippen molar-refractivity contribution in [3.05, 3.63) is 21.9 Å². The molecule has 110 valence electrons. The number of carbonyl (C=O) groups is 1. The second kappa shape index (κ2) is 5.49. The van der Waals surface area contributed by atoms with Crippen molar-refractivity contribution in [3.8, 4) is 0 Å². The Balaban J connectivity index is 1.88. The largest absolute Gasteiger partial charge is 0.318 e. The summed E-state index contributed by atoms with van der Waals surface area (Å²) >= 11 is 1.81. The molecule has 0 spiro atoms. The van der Waals surface area contributed by atoms with E-state index in [1.807, 2.05) is 0 Å². The zero-order chi connectivity index (χ0) is 14.3. The highest BCUT2D eigenvalue weighted by atomic mass is 32.1. The van der Waals surface area contributed by atoms with Gasteiger partial charge in [0, 0.05) is 15.8 Å². The van der Waals surface area contributed by atoms with Gasteiger partial charge in [-0.05, 0) is 50.7 Å². The Morgan fingerprint density at radius 3 is 2.75 bits per heavy atom. The minimum atomic E-state index is -0.00156. The van der Waals surface area contributed by atoms with E-state index in [0.717, 1.165) is 25.2 Å². The first kappa shape index (κ1) is 14.1. The minimum Gasteiger partial charge on any atom is -0.318 e. The maximum absolute atomic E-state index is 12.7. The first-order chi connectivity index (χ1) is 9.60. The molecular formula is C16H24N2OS. The number of hydrogen-bond acceptors (Lipinski definition) is 3. The Bertz CT molecular complexity index is 498. The number of amides is 1. The van der Waals surface area contributed by atoms with Crippen molar-refractivity contribution in [1.29, 1.82) is 0 Å². The topological polar surface area (TPSA) is 32.3 Å². The molecule has 3 rings (SSSR count). The maximum Gasteiger partial charge on any atom is 0.241 e. The molecule has 20 heavy (non-hydrogen) atoms. The summed E-state index contributed by atoms with van der Waals surface area (Å²) in [4.78, 5) is 17.4. The van der Waals surface area contributed by atoms with Gasteiger partial charge in [-0.15, -0.1) is 11.3 Å². The van der Waals surface area contributed by atoms with E-state index >= 15 is 0 Å². The van der Waals surface area contributed by atoms with Crippen LogP contribution in [0.1, 0.15) is 55.5 Å². The first-order valence-corrected chi connectivity index (χ1v) is 8.56. The lowest BCUT2D eigenvalue weighted by Gasteiger charge is -2.29. The molecule has 0 radical (unpaired) electrons. The van der Waals surface area contributed by atoms with Gasteiger partial charge in [0.2, 0.25) is 5.91 Å². The molecule has 4 heteroatoms. The van der Waals surface area contributed by atoms with Gasteiger partial charge in [-0.1, -0.05) is 13.8 Å². The van der Waals surface area contributed by atoms with E-state index in [9.17, 15) is 4.79 Å². The molecule has 1 aromatic heterocycles. The monoisotopic (exact) mass is 292 g/mol. The molecule has 1 saturated carbocycles. The fraction of sp³-hybridized carbons (Fsp3) is 0.688. The zero-order valence-electron chi connectivity index (χ0n) is 12.6. The van der Waals surface area contributed by atoms with Gasteiger partial charge in [-0.3, -0.25) is 10.1 Å². The van der Waals surface area contributed by atoms with Crippen molar-refractivity contribution in [2.24, 2.45) is 5.92 Å². The van der Waals surface area contributed by atoms with Gasteiger partial charge in [0.1, 0.15) is 6.17 Å². The quantitative estimate of drug-likeness (QED) is 0.925. The van der Waals surface area contributed by atoms with Crippen molar-refractivity contribution in [2.45, 2.75) is 64.7 Å². The standard InChI is InChI=1S/C16H24N2OS/c1-4-13-16(19)18(12-7-5-10(2)9-12)15(17-13)14-8-6-11(3)20-14/h6,8,10,12-13,15,17H,4-5,7,9H2,1-3H3. The van der Waals surface area contributed by atoms with Gasteiger partial charge in [0.15, 0.2) is 0 Å². The summed E-state index contributed by atoms with van der Waals surface area (Å²) in [7, 11) is 0. The lowest BCUT2D eigenvalue weighted by molar-refractivity contribution is -0.132. The van der Waals surface area contributed by atoms with Crippen LogP contribution in [-0.4, -0.2) is 22.9 Å². The highest BCUT2D eigenvalue weighted by molar-refractivity contribution is 7.12. The minimum absolute atomic E-state index is 0.00156. The smallest absolute Gasteiger partial charge is 0.241 e. The number of aryl methyl sites for hydroxylation is 1. The molecule has 2 heterocycles. The summed E-state index contributed by atoms with van der Waals surface area (Å²) < 4.78 is 0. The number of nitrogens with one attached hydrogen (secondary N) is 1. The van der Waals surface area contributed by atoms with Gasteiger partial charge in [0.05, 0.1) is 6.04 Å². The number of nitrogens with zero attached hydrogens (tertiary/aromatic N) is 1. The number of thiophene rings is 1. The highest BCUT2D eigenvalue weighted by Crippen LogP contribution is 2.38. The van der Waals surface area contributed by atoms with Gasteiger partial charge in [-0.2, -0.15) is 0 Å². The predicted octanol–water partition coefficient (Wildman–Crippen LogP) is 3.45. The molecule has 0 aromatic carbocycles. The van der Waals surface area contributed by atoms with E-state index < -0.39 is 0 Å². The molecule has 4 unspecified atom stereocenters. The van der Waals surface area contributed by atoms with E-state index in [2.05, 4.69) is 43.1 Å². The van der Waals surface area contributed by atoms with Crippen LogP contribution in [0.25, 0.3) is 0 Å². The molecule has 1 N–H and O–H groups in total. The average Bonchev–Trinajstić information content (AvgIpc) is 3.09. The van der Waals surface area contributed by atoms with E-state index in [0.29, 0.717) is 11.9 Å². The summed E-state index contributed by atoms with van der Waals surface area (Å²) in [5.41, 5.74) is 0.